The van der Waals surface area contributed by atoms with Crippen LogP contribution >= 0.6 is 11.3 Å². The van der Waals surface area contributed by atoms with E-state index >= 15 is 0 Å². The van der Waals surface area contributed by atoms with Gasteiger partial charge in [-0.25, -0.2) is 4.98 Å². The van der Waals surface area contributed by atoms with E-state index < -0.39 is 5.97 Å². The third-order valence-electron chi connectivity index (χ3n) is 3.81. The summed E-state index contributed by atoms with van der Waals surface area (Å²) in [6, 6.07) is 0. The van der Waals surface area contributed by atoms with Gasteiger partial charge in [-0.3, -0.25) is 14.2 Å². The fourth-order valence-electron chi connectivity index (χ4n) is 2.71. The first kappa shape index (κ1) is 14.2. The highest BCUT2D eigenvalue weighted by atomic mass is 32.1. The fourth-order valence-corrected chi connectivity index (χ4v) is 3.96. The summed E-state index contributed by atoms with van der Waals surface area (Å²) >= 11 is 1.59. The number of fused-ring (bicyclic) bond motifs is 3. The molecule has 6 nitrogen and oxygen atoms in total. The Balaban J connectivity index is 1.96. The second-order valence-corrected chi connectivity index (χ2v) is 6.50. The van der Waals surface area contributed by atoms with Crippen LogP contribution in [0, 0.1) is 0 Å². The van der Waals surface area contributed by atoms with Crippen molar-refractivity contribution >= 4 is 27.5 Å². The Morgan fingerprint density at radius 2 is 2.33 bits per heavy atom. The first-order chi connectivity index (χ1) is 10.1. The van der Waals surface area contributed by atoms with Crippen LogP contribution in [0.2, 0.25) is 0 Å². The lowest BCUT2D eigenvalue weighted by molar-refractivity contribution is -0.137. The van der Waals surface area contributed by atoms with Crippen LogP contribution in [0.4, 0.5) is 0 Å². The van der Waals surface area contributed by atoms with Crippen molar-refractivity contribution in [1.29, 1.82) is 0 Å². The van der Waals surface area contributed by atoms with Crippen molar-refractivity contribution in [3.63, 3.8) is 0 Å². The summed E-state index contributed by atoms with van der Waals surface area (Å²) in [5, 5.41) is 9.41. The van der Waals surface area contributed by atoms with Gasteiger partial charge < -0.3 is 10.0 Å². The SMILES string of the molecule is CN1CCc2c(sc3ncn(CCCC(=O)O)c(=O)c23)C1. The average molecular weight is 307 g/mol. The number of hydrogen-bond donors (Lipinski definition) is 1. The Kier molecular flexibility index (Phi) is 3.77. The molecule has 0 radical (unpaired) electrons. The Morgan fingerprint density at radius 1 is 1.52 bits per heavy atom. The minimum absolute atomic E-state index is 0.0348. The van der Waals surface area contributed by atoms with Gasteiger partial charge >= 0.3 is 5.97 Å². The van der Waals surface area contributed by atoms with E-state index in [9.17, 15) is 9.59 Å². The number of likely N-dealkylation sites (N-methyl/N-ethyl adjacent to an activating group) is 1. The summed E-state index contributed by atoms with van der Waals surface area (Å²) in [7, 11) is 2.07. The van der Waals surface area contributed by atoms with Crippen LogP contribution in [0.25, 0.3) is 10.2 Å². The minimum atomic E-state index is -0.840. The molecular formula is C14H17N3O3S. The number of nitrogens with zero attached hydrogens (tertiary/aromatic N) is 3. The van der Waals surface area contributed by atoms with Gasteiger partial charge in [-0.05, 0) is 25.5 Å². The number of aliphatic carboxylic acids is 1. The molecule has 7 heteroatoms. The highest BCUT2D eigenvalue weighted by Crippen LogP contribution is 2.31. The van der Waals surface area contributed by atoms with E-state index in [4.69, 9.17) is 5.11 Å². The van der Waals surface area contributed by atoms with Crippen molar-refractivity contribution in [2.24, 2.45) is 0 Å². The van der Waals surface area contributed by atoms with Gasteiger partial charge in [-0.2, -0.15) is 0 Å². The Bertz CT molecular complexity index is 750. The maximum absolute atomic E-state index is 12.6. The van der Waals surface area contributed by atoms with E-state index in [0.717, 1.165) is 35.3 Å². The molecule has 0 unspecified atom stereocenters. The fraction of sp³-hybridized carbons (Fsp3) is 0.500. The largest absolute Gasteiger partial charge is 0.481 e. The van der Waals surface area contributed by atoms with E-state index in [1.807, 2.05) is 0 Å². The molecule has 0 spiro atoms. The van der Waals surface area contributed by atoms with Crippen LogP contribution < -0.4 is 5.56 Å². The normalized spacial score (nSPS) is 15.3. The zero-order chi connectivity index (χ0) is 15.0. The quantitative estimate of drug-likeness (QED) is 0.922. The van der Waals surface area contributed by atoms with Gasteiger partial charge in [0.05, 0.1) is 11.7 Å². The highest BCUT2D eigenvalue weighted by Gasteiger charge is 2.22. The maximum Gasteiger partial charge on any atom is 0.303 e. The molecule has 2 aromatic heterocycles. The predicted molar refractivity (Wildman–Crippen MR) is 80.8 cm³/mol. The zero-order valence-corrected chi connectivity index (χ0v) is 12.7. The molecule has 2 aromatic rings. The third-order valence-corrected chi connectivity index (χ3v) is 4.93. The van der Waals surface area contributed by atoms with Crippen LogP contribution in [0.5, 0.6) is 0 Å². The molecule has 3 rings (SSSR count). The van der Waals surface area contributed by atoms with Gasteiger partial charge in [-0.1, -0.05) is 0 Å². The summed E-state index contributed by atoms with van der Waals surface area (Å²) in [5.74, 6) is -0.840. The number of rotatable bonds is 4. The molecule has 112 valence electrons. The van der Waals surface area contributed by atoms with Gasteiger partial charge in [0.2, 0.25) is 0 Å². The van der Waals surface area contributed by atoms with E-state index in [1.54, 1.807) is 11.3 Å². The standard InChI is InChI=1S/C14H17N3O3S/c1-16-6-4-9-10(7-16)21-13-12(9)14(20)17(8-15-13)5-2-3-11(18)19/h8H,2-7H2,1H3,(H,18,19). The lowest BCUT2D eigenvalue weighted by Gasteiger charge is -2.21. The maximum atomic E-state index is 12.6. The second kappa shape index (κ2) is 5.57. The molecule has 1 aliphatic rings. The van der Waals surface area contributed by atoms with Crippen molar-refractivity contribution in [3.8, 4) is 0 Å². The Hall–Kier alpha value is -1.73. The minimum Gasteiger partial charge on any atom is -0.481 e. The molecule has 1 aliphatic heterocycles. The van der Waals surface area contributed by atoms with Crippen molar-refractivity contribution in [1.82, 2.24) is 14.5 Å². The highest BCUT2D eigenvalue weighted by molar-refractivity contribution is 7.18. The van der Waals surface area contributed by atoms with Gasteiger partial charge in [-0.15, -0.1) is 11.3 Å². The summed E-state index contributed by atoms with van der Waals surface area (Å²) in [5.41, 5.74) is 1.10. The van der Waals surface area contributed by atoms with E-state index in [1.165, 1.54) is 15.8 Å². The zero-order valence-electron chi connectivity index (χ0n) is 11.8. The number of aryl methyl sites for hydroxylation is 1. The van der Waals surface area contributed by atoms with E-state index in [0.29, 0.717) is 13.0 Å². The number of carboxylic acids is 1. The number of thiophene rings is 1. The lowest BCUT2D eigenvalue weighted by Crippen LogP contribution is -2.27. The molecular weight excluding hydrogens is 290 g/mol. The molecule has 21 heavy (non-hydrogen) atoms. The first-order valence-corrected chi connectivity index (χ1v) is 7.78. The second-order valence-electron chi connectivity index (χ2n) is 5.41. The Labute approximate surface area is 125 Å². The van der Waals surface area contributed by atoms with Crippen LogP contribution in [-0.2, 0) is 24.3 Å². The van der Waals surface area contributed by atoms with Gasteiger partial charge in [0.1, 0.15) is 4.83 Å². The molecule has 0 amide bonds. The number of carboxylic acid groups (broad SMARTS) is 1. The summed E-state index contributed by atoms with van der Waals surface area (Å²) < 4.78 is 1.54. The predicted octanol–water partition coefficient (Wildman–Crippen LogP) is 1.31. The average Bonchev–Trinajstić information content (AvgIpc) is 2.79. The summed E-state index contributed by atoms with van der Waals surface area (Å²) in [6.45, 7) is 2.22. The van der Waals surface area contributed by atoms with Crippen molar-refractivity contribution in [2.45, 2.75) is 32.4 Å². The summed E-state index contributed by atoms with van der Waals surface area (Å²) in [6.07, 6.45) is 2.93. The van der Waals surface area contributed by atoms with Crippen LogP contribution in [0.3, 0.4) is 0 Å². The number of hydrogen-bond acceptors (Lipinski definition) is 5. The molecule has 0 saturated heterocycles. The molecule has 0 saturated carbocycles. The van der Waals surface area contributed by atoms with Gasteiger partial charge in [0, 0.05) is 30.9 Å². The van der Waals surface area contributed by atoms with Crippen LogP contribution in [-0.4, -0.2) is 39.1 Å². The molecule has 0 atom stereocenters. The lowest BCUT2D eigenvalue weighted by atomic mass is 10.1. The van der Waals surface area contributed by atoms with Gasteiger partial charge in [0.15, 0.2) is 0 Å². The third kappa shape index (κ3) is 2.71. The van der Waals surface area contributed by atoms with Crippen molar-refractivity contribution < 1.29 is 9.90 Å². The summed E-state index contributed by atoms with van der Waals surface area (Å²) in [4.78, 5) is 31.8. The molecule has 3 heterocycles. The number of carbonyl (C=O) groups is 1. The molecule has 0 aliphatic carbocycles. The first-order valence-electron chi connectivity index (χ1n) is 6.96. The smallest absolute Gasteiger partial charge is 0.303 e. The topological polar surface area (TPSA) is 75.4 Å². The van der Waals surface area contributed by atoms with Gasteiger partial charge in [0.25, 0.3) is 5.56 Å². The van der Waals surface area contributed by atoms with Crippen LogP contribution in [0.1, 0.15) is 23.3 Å². The number of aromatic nitrogens is 2. The monoisotopic (exact) mass is 307 g/mol. The Morgan fingerprint density at radius 3 is 3.10 bits per heavy atom. The molecule has 0 fully saturated rings. The van der Waals surface area contributed by atoms with E-state index in [2.05, 4.69) is 16.9 Å². The van der Waals surface area contributed by atoms with Crippen molar-refractivity contribution in [2.75, 3.05) is 13.6 Å². The molecule has 0 bridgehead atoms. The van der Waals surface area contributed by atoms with Crippen LogP contribution in [0.15, 0.2) is 11.1 Å². The molecule has 1 N–H and O–H groups in total. The van der Waals surface area contributed by atoms with Crippen molar-refractivity contribution in [3.05, 3.63) is 27.1 Å². The van der Waals surface area contributed by atoms with E-state index in [-0.39, 0.29) is 12.0 Å². The molecule has 0 aromatic carbocycles.